The average molecular weight is 847 g/mol. The van der Waals surface area contributed by atoms with Gasteiger partial charge in [0.25, 0.3) is 0 Å². The molecular formula is C49H62N6O7. The summed E-state index contributed by atoms with van der Waals surface area (Å²) in [4.78, 5) is 82.7. The highest BCUT2D eigenvalue weighted by molar-refractivity contribution is 5.98. The van der Waals surface area contributed by atoms with E-state index in [4.69, 9.17) is 0 Å². The normalized spacial score (nSPS) is 13.5. The number of urea groups is 1. The Labute approximate surface area is 365 Å². The van der Waals surface area contributed by atoms with Gasteiger partial charge >= 0.3 is 6.03 Å². The van der Waals surface area contributed by atoms with E-state index in [-0.39, 0.29) is 43.9 Å². The van der Waals surface area contributed by atoms with Crippen LogP contribution < -0.4 is 31.9 Å². The fourth-order valence-corrected chi connectivity index (χ4v) is 7.19. The van der Waals surface area contributed by atoms with Crippen LogP contribution in [0.2, 0.25) is 0 Å². The molecule has 7 N–H and O–H groups in total. The highest BCUT2D eigenvalue weighted by Gasteiger charge is 2.33. The summed E-state index contributed by atoms with van der Waals surface area (Å²) in [6.07, 6.45) is 0.769. The fraction of sp³-hybridized carbons (Fsp3) is 0.388. The number of carbonyl (C=O) groups excluding carboxylic acids is 6. The largest absolute Gasteiger partial charge is 0.389 e. The molecule has 0 radical (unpaired) electrons. The Morgan fingerprint density at radius 2 is 0.806 bits per heavy atom. The van der Waals surface area contributed by atoms with E-state index in [0.717, 1.165) is 27.8 Å². The molecule has 0 unspecified atom stereocenters. The Morgan fingerprint density at radius 3 is 1.19 bits per heavy atom. The van der Waals surface area contributed by atoms with Crippen LogP contribution in [0.3, 0.4) is 0 Å². The van der Waals surface area contributed by atoms with E-state index in [1.54, 1.807) is 0 Å². The van der Waals surface area contributed by atoms with Crippen molar-refractivity contribution < 1.29 is 33.9 Å². The molecule has 5 atom stereocenters. The van der Waals surface area contributed by atoms with Crippen LogP contribution in [0.5, 0.6) is 0 Å². The summed E-state index contributed by atoms with van der Waals surface area (Å²) in [5, 5.41) is 26.6. The van der Waals surface area contributed by atoms with Gasteiger partial charge in [-0.1, -0.05) is 125 Å². The van der Waals surface area contributed by atoms with Crippen molar-refractivity contribution in [1.29, 1.82) is 0 Å². The molecule has 0 saturated carbocycles. The van der Waals surface area contributed by atoms with E-state index in [1.807, 2.05) is 151 Å². The van der Waals surface area contributed by atoms with E-state index >= 15 is 0 Å². The van der Waals surface area contributed by atoms with Gasteiger partial charge in [-0.25, -0.2) is 4.79 Å². The van der Waals surface area contributed by atoms with E-state index in [0.29, 0.717) is 5.69 Å². The predicted molar refractivity (Wildman–Crippen MR) is 241 cm³/mol. The number of hydrogen-bond acceptors (Lipinski definition) is 7. The zero-order chi connectivity index (χ0) is 45.2. The van der Waals surface area contributed by atoms with Crippen molar-refractivity contribution in [2.45, 2.75) is 104 Å². The molecule has 0 spiro atoms. The van der Waals surface area contributed by atoms with E-state index in [1.165, 1.54) is 0 Å². The van der Waals surface area contributed by atoms with Crippen molar-refractivity contribution in [3.8, 4) is 0 Å². The molecule has 0 aliphatic rings. The third-order valence-corrected chi connectivity index (χ3v) is 10.1. The molecule has 13 heteroatoms. The first-order valence-corrected chi connectivity index (χ1v) is 21.2. The highest BCUT2D eigenvalue weighted by Crippen LogP contribution is 2.15. The van der Waals surface area contributed by atoms with Crippen LogP contribution in [-0.2, 0) is 43.2 Å². The molecule has 330 valence electrons. The molecular weight excluding hydrogens is 785 g/mol. The number of benzene rings is 4. The third-order valence-electron chi connectivity index (χ3n) is 10.1. The molecule has 0 bridgehead atoms. The van der Waals surface area contributed by atoms with Gasteiger partial charge in [-0.05, 0) is 84.9 Å². The third kappa shape index (κ3) is 16.3. The Morgan fingerprint density at radius 1 is 0.468 bits per heavy atom. The summed E-state index contributed by atoms with van der Waals surface area (Å²) in [5.74, 6) is -3.16. The number of Topliss-reactive ketones (excluding diaryl/α,β-unsaturated/α-hetero) is 1. The number of hydrogen-bond donors (Lipinski definition) is 7. The van der Waals surface area contributed by atoms with Crippen LogP contribution in [0.15, 0.2) is 109 Å². The molecule has 4 rings (SSSR count). The molecule has 6 amide bonds. The molecule has 0 aliphatic heterocycles. The summed E-state index contributed by atoms with van der Waals surface area (Å²) >= 11 is 0. The van der Waals surface area contributed by atoms with Gasteiger partial charge in [0.2, 0.25) is 23.6 Å². The predicted octanol–water partition coefficient (Wildman–Crippen LogP) is 5.11. The maximum Gasteiger partial charge on any atom is 0.319 e. The van der Waals surface area contributed by atoms with Crippen molar-refractivity contribution in [3.05, 3.63) is 137 Å². The molecule has 0 heterocycles. The van der Waals surface area contributed by atoms with E-state index in [2.05, 4.69) is 31.9 Å². The number of aliphatic hydroxyl groups excluding tert-OH is 1. The van der Waals surface area contributed by atoms with Crippen LogP contribution >= 0.6 is 0 Å². The topological polar surface area (TPSA) is 195 Å². The minimum absolute atomic E-state index is 0.0552. The second-order valence-corrected chi connectivity index (χ2v) is 16.7. The molecule has 0 saturated heterocycles. The van der Waals surface area contributed by atoms with Gasteiger partial charge in [0.15, 0.2) is 5.78 Å². The summed E-state index contributed by atoms with van der Waals surface area (Å²) in [7, 11) is 0. The standard InChI is InChI=1S/C49H62N6O7/c1-31(2)22-40(45(58)51-39(44(57)30-56)27-35-16-10-7-11-17-35)52-47(60)42(28-36-18-12-8-13-19-36)54-46(59)41(23-32(3)4)53-48(61)43(29-37-20-14-9-15-21-37)55-49(62)50-38-25-33(5)24-34(6)26-38/h7-21,24-26,31-32,39-43,56H,22-23,27-30H2,1-6H3,(H,51,58)(H,52,60)(H,53,61)(H,54,59)(H2,50,55,62)/t39-,40+,41+,42-,43-/m0/s1. The zero-order valence-corrected chi connectivity index (χ0v) is 36.6. The van der Waals surface area contributed by atoms with E-state index in [9.17, 15) is 33.9 Å². The number of amides is 6. The Balaban J connectivity index is 1.57. The average Bonchev–Trinajstić information content (AvgIpc) is 3.22. The summed E-state index contributed by atoms with van der Waals surface area (Å²) in [6, 6.07) is 26.9. The zero-order valence-electron chi connectivity index (χ0n) is 36.6. The number of ketones is 1. The highest BCUT2D eigenvalue weighted by atomic mass is 16.3. The lowest BCUT2D eigenvalue weighted by Crippen LogP contribution is -2.60. The number of aliphatic hydroxyl groups is 1. The molecule has 0 aliphatic carbocycles. The summed E-state index contributed by atoms with van der Waals surface area (Å²) in [5.41, 5.74) is 4.79. The van der Waals surface area contributed by atoms with Gasteiger partial charge in [0.1, 0.15) is 30.8 Å². The second kappa shape index (κ2) is 24.2. The quantitative estimate of drug-likeness (QED) is 0.0571. The van der Waals surface area contributed by atoms with E-state index < -0.39 is 72.3 Å². The maximum atomic E-state index is 14.3. The summed E-state index contributed by atoms with van der Waals surface area (Å²) in [6.45, 7) is 10.6. The van der Waals surface area contributed by atoms with Crippen molar-refractivity contribution in [1.82, 2.24) is 26.6 Å². The number of anilines is 1. The van der Waals surface area contributed by atoms with Gasteiger partial charge in [0, 0.05) is 18.5 Å². The molecule has 62 heavy (non-hydrogen) atoms. The van der Waals surface area contributed by atoms with Crippen LogP contribution in [-0.4, -0.2) is 77.4 Å². The van der Waals surface area contributed by atoms with Crippen LogP contribution in [0, 0.1) is 25.7 Å². The molecule has 4 aromatic carbocycles. The second-order valence-electron chi connectivity index (χ2n) is 16.7. The lowest BCUT2D eigenvalue weighted by molar-refractivity contribution is -0.135. The number of aryl methyl sites for hydroxylation is 2. The van der Waals surface area contributed by atoms with Crippen LogP contribution in [0.1, 0.15) is 68.4 Å². The Kier molecular flexibility index (Phi) is 18.9. The molecule has 13 nitrogen and oxygen atoms in total. The van der Waals surface area contributed by atoms with Crippen molar-refractivity contribution in [2.75, 3.05) is 11.9 Å². The molecule has 0 aromatic heterocycles. The van der Waals surface area contributed by atoms with Gasteiger partial charge in [0.05, 0.1) is 6.04 Å². The van der Waals surface area contributed by atoms with Gasteiger partial charge in [-0.15, -0.1) is 0 Å². The van der Waals surface area contributed by atoms with Crippen molar-refractivity contribution in [3.63, 3.8) is 0 Å². The first-order chi connectivity index (χ1) is 29.6. The number of rotatable bonds is 22. The lowest BCUT2D eigenvalue weighted by atomic mass is 9.98. The lowest BCUT2D eigenvalue weighted by Gasteiger charge is -2.28. The maximum absolute atomic E-state index is 14.3. The number of nitrogens with one attached hydrogen (secondary N) is 6. The molecule has 0 fully saturated rings. The fourth-order valence-electron chi connectivity index (χ4n) is 7.19. The van der Waals surface area contributed by atoms with Crippen LogP contribution in [0.25, 0.3) is 0 Å². The molecule has 4 aromatic rings. The number of carbonyl (C=O) groups is 6. The SMILES string of the molecule is Cc1cc(C)cc(NC(=O)N[C@@H](Cc2ccccc2)C(=O)N[C@H](CC(C)C)C(=O)N[C@@H](Cc2ccccc2)C(=O)N[C@H](CC(C)C)C(=O)N[C@@H](Cc2ccccc2)C(=O)CO)c1. The summed E-state index contributed by atoms with van der Waals surface area (Å²) < 4.78 is 0. The Bertz CT molecular complexity index is 2080. The first kappa shape index (κ1) is 48.3. The Hall–Kier alpha value is -6.34. The minimum Gasteiger partial charge on any atom is -0.389 e. The van der Waals surface area contributed by atoms with Gasteiger partial charge in [-0.3, -0.25) is 24.0 Å². The van der Waals surface area contributed by atoms with Gasteiger partial charge < -0.3 is 37.0 Å². The van der Waals surface area contributed by atoms with Crippen molar-refractivity contribution >= 4 is 41.1 Å². The van der Waals surface area contributed by atoms with Crippen LogP contribution in [0.4, 0.5) is 10.5 Å². The van der Waals surface area contributed by atoms with Gasteiger partial charge in [-0.2, -0.15) is 0 Å². The first-order valence-electron chi connectivity index (χ1n) is 21.2. The monoisotopic (exact) mass is 846 g/mol. The van der Waals surface area contributed by atoms with Crippen molar-refractivity contribution in [2.24, 2.45) is 11.8 Å². The smallest absolute Gasteiger partial charge is 0.319 e. The minimum atomic E-state index is -1.18.